The van der Waals surface area contributed by atoms with Gasteiger partial charge in [-0.15, -0.1) is 11.3 Å². The number of H-pyrrole nitrogens is 1. The first-order valence-corrected chi connectivity index (χ1v) is 9.15. The van der Waals surface area contributed by atoms with Crippen molar-refractivity contribution in [3.8, 4) is 0 Å². The number of nitrogens with zero attached hydrogens (tertiary/aromatic N) is 2. The molecule has 0 saturated carbocycles. The predicted molar refractivity (Wildman–Crippen MR) is 99.3 cm³/mol. The lowest BCUT2D eigenvalue weighted by atomic mass is 10.1. The van der Waals surface area contributed by atoms with Crippen molar-refractivity contribution in [2.75, 3.05) is 6.54 Å². The molecule has 1 aliphatic rings. The number of hydrogen-bond donors (Lipinski definition) is 1. The van der Waals surface area contributed by atoms with Crippen LogP contribution in [0.15, 0.2) is 41.8 Å². The number of fused-ring (bicyclic) bond motifs is 1. The summed E-state index contributed by atoms with van der Waals surface area (Å²) in [5.74, 6) is -2.27. The molecule has 0 radical (unpaired) electrons. The zero-order valence-electron chi connectivity index (χ0n) is 14.4. The van der Waals surface area contributed by atoms with Crippen LogP contribution in [0.4, 0.5) is 4.79 Å². The summed E-state index contributed by atoms with van der Waals surface area (Å²) < 4.78 is 0. The minimum Gasteiger partial charge on any atom is -0.358 e. The summed E-state index contributed by atoms with van der Waals surface area (Å²) in [6.45, 7) is 1.32. The van der Waals surface area contributed by atoms with Crippen LogP contribution in [0.25, 0.3) is 10.9 Å². The number of para-hydroxylation sites is 1. The topological polar surface area (TPSA) is 90.6 Å². The van der Waals surface area contributed by atoms with Crippen molar-refractivity contribution in [2.45, 2.75) is 13.5 Å². The lowest BCUT2D eigenvalue weighted by Gasteiger charge is -2.14. The Labute approximate surface area is 158 Å². The van der Waals surface area contributed by atoms with Gasteiger partial charge in [0.2, 0.25) is 0 Å². The Hall–Kier alpha value is -3.26. The number of ketones is 1. The molecule has 1 aliphatic heterocycles. The molecule has 8 heteroatoms. The number of aromatic nitrogens is 1. The number of hydrogen-bond acceptors (Lipinski definition) is 5. The maximum absolute atomic E-state index is 12.8. The molecule has 1 aromatic carbocycles. The average Bonchev–Trinajstić information content (AvgIpc) is 3.32. The molecule has 0 bridgehead atoms. The van der Waals surface area contributed by atoms with E-state index in [4.69, 9.17) is 0 Å². The van der Waals surface area contributed by atoms with Gasteiger partial charge in [-0.2, -0.15) is 0 Å². The maximum Gasteiger partial charge on any atom is 0.335 e. The monoisotopic (exact) mass is 381 g/mol. The first kappa shape index (κ1) is 17.2. The lowest BCUT2D eigenvalue weighted by molar-refractivity contribution is -0.143. The molecule has 2 aromatic heterocycles. The number of amides is 4. The predicted octanol–water partition coefficient (Wildman–Crippen LogP) is 2.71. The Morgan fingerprint density at radius 1 is 1.04 bits per heavy atom. The number of carbonyl (C=O) groups is 4. The van der Waals surface area contributed by atoms with E-state index < -0.39 is 30.2 Å². The number of aromatic amines is 1. The number of imide groups is 2. The molecule has 4 rings (SSSR count). The molecule has 0 aliphatic carbocycles. The second-order valence-corrected chi connectivity index (χ2v) is 7.27. The van der Waals surface area contributed by atoms with Gasteiger partial charge in [0, 0.05) is 27.0 Å². The molecular weight excluding hydrogens is 366 g/mol. The van der Waals surface area contributed by atoms with Gasteiger partial charge in [-0.25, -0.2) is 9.69 Å². The van der Waals surface area contributed by atoms with Crippen LogP contribution in [0, 0.1) is 6.92 Å². The van der Waals surface area contributed by atoms with E-state index in [1.807, 2.05) is 23.6 Å². The molecule has 3 heterocycles. The van der Waals surface area contributed by atoms with Crippen molar-refractivity contribution in [2.24, 2.45) is 0 Å². The molecule has 1 N–H and O–H groups in total. The normalized spacial score (nSPS) is 14.6. The van der Waals surface area contributed by atoms with Crippen molar-refractivity contribution < 1.29 is 19.2 Å². The van der Waals surface area contributed by atoms with Crippen molar-refractivity contribution in [3.05, 3.63) is 57.9 Å². The van der Waals surface area contributed by atoms with E-state index in [2.05, 4.69) is 4.98 Å². The third kappa shape index (κ3) is 2.83. The fourth-order valence-corrected chi connectivity index (χ4v) is 3.94. The summed E-state index contributed by atoms with van der Waals surface area (Å²) in [5.41, 5.74) is 1.88. The van der Waals surface area contributed by atoms with Gasteiger partial charge in [-0.05, 0) is 24.4 Å². The first-order chi connectivity index (χ1) is 13.0. The van der Waals surface area contributed by atoms with Crippen LogP contribution >= 0.6 is 11.3 Å². The van der Waals surface area contributed by atoms with E-state index >= 15 is 0 Å². The van der Waals surface area contributed by atoms with E-state index in [9.17, 15) is 19.2 Å². The smallest absolute Gasteiger partial charge is 0.335 e. The Bertz CT molecular complexity index is 1080. The molecule has 0 spiro atoms. The van der Waals surface area contributed by atoms with Crippen LogP contribution in [0.1, 0.15) is 20.9 Å². The molecule has 1 fully saturated rings. The van der Waals surface area contributed by atoms with E-state index in [0.717, 1.165) is 25.6 Å². The number of nitrogens with one attached hydrogen (secondary N) is 1. The Balaban J connectivity index is 1.59. The molecule has 0 atom stereocenters. The second kappa shape index (κ2) is 6.48. The van der Waals surface area contributed by atoms with Crippen molar-refractivity contribution >= 4 is 45.9 Å². The van der Waals surface area contributed by atoms with E-state index in [1.165, 1.54) is 11.3 Å². The van der Waals surface area contributed by atoms with Crippen molar-refractivity contribution in [3.63, 3.8) is 0 Å². The highest BCUT2D eigenvalue weighted by Crippen LogP contribution is 2.24. The standard InChI is InChI=1S/C19H15N3O4S/c1-11-16(13-6-2-3-7-14(13)20-11)15(23)10-22-18(25)17(24)21(19(22)26)9-12-5-4-8-27-12/h2-8,20H,9-10H2,1H3. The van der Waals surface area contributed by atoms with Crippen LogP contribution in [-0.4, -0.2) is 45.0 Å². The Morgan fingerprint density at radius 2 is 1.78 bits per heavy atom. The Kier molecular flexibility index (Phi) is 4.12. The summed E-state index contributed by atoms with van der Waals surface area (Å²) in [4.78, 5) is 55.4. The van der Waals surface area contributed by atoms with E-state index in [1.54, 1.807) is 25.1 Å². The van der Waals surface area contributed by atoms with Crippen LogP contribution in [0.3, 0.4) is 0 Å². The number of carbonyl (C=O) groups excluding carboxylic acids is 4. The summed E-state index contributed by atoms with van der Waals surface area (Å²) in [7, 11) is 0. The quantitative estimate of drug-likeness (QED) is 0.418. The zero-order valence-corrected chi connectivity index (χ0v) is 15.2. The lowest BCUT2D eigenvalue weighted by Crippen LogP contribution is -2.36. The molecule has 27 heavy (non-hydrogen) atoms. The highest BCUT2D eigenvalue weighted by molar-refractivity contribution is 7.09. The number of aryl methyl sites for hydroxylation is 1. The van der Waals surface area contributed by atoms with Gasteiger partial charge in [-0.1, -0.05) is 24.3 Å². The molecule has 136 valence electrons. The summed E-state index contributed by atoms with van der Waals surface area (Å²) in [6.07, 6.45) is 0. The Morgan fingerprint density at radius 3 is 2.52 bits per heavy atom. The highest BCUT2D eigenvalue weighted by Gasteiger charge is 2.45. The number of rotatable bonds is 5. The van der Waals surface area contributed by atoms with Gasteiger partial charge in [0.1, 0.15) is 0 Å². The van der Waals surface area contributed by atoms with Crippen molar-refractivity contribution in [1.29, 1.82) is 0 Å². The van der Waals surface area contributed by atoms with Crippen LogP contribution in [0.2, 0.25) is 0 Å². The van der Waals surface area contributed by atoms with E-state index in [-0.39, 0.29) is 6.54 Å². The van der Waals surface area contributed by atoms with Gasteiger partial charge >= 0.3 is 17.8 Å². The third-order valence-electron chi connectivity index (χ3n) is 4.50. The average molecular weight is 381 g/mol. The first-order valence-electron chi connectivity index (χ1n) is 8.27. The van der Waals surface area contributed by atoms with Gasteiger partial charge in [-0.3, -0.25) is 19.3 Å². The number of thiophene rings is 1. The fraction of sp³-hybridized carbons (Fsp3) is 0.158. The summed E-state index contributed by atoms with van der Waals surface area (Å²) in [5, 5.41) is 2.55. The largest absolute Gasteiger partial charge is 0.358 e. The molecule has 3 aromatic rings. The maximum atomic E-state index is 12.8. The number of Topliss-reactive ketones (excluding diaryl/α,β-unsaturated/α-hetero) is 1. The fourth-order valence-electron chi connectivity index (χ4n) is 3.25. The van der Waals surface area contributed by atoms with Crippen LogP contribution in [-0.2, 0) is 16.1 Å². The van der Waals surface area contributed by atoms with Crippen LogP contribution in [0.5, 0.6) is 0 Å². The highest BCUT2D eigenvalue weighted by atomic mass is 32.1. The number of benzene rings is 1. The molecule has 1 saturated heterocycles. The third-order valence-corrected chi connectivity index (χ3v) is 5.36. The number of urea groups is 1. The van der Waals surface area contributed by atoms with Gasteiger partial charge in [0.25, 0.3) is 0 Å². The molecule has 7 nitrogen and oxygen atoms in total. The van der Waals surface area contributed by atoms with Gasteiger partial charge < -0.3 is 4.98 Å². The minimum atomic E-state index is -0.970. The summed E-state index contributed by atoms with van der Waals surface area (Å²) in [6, 6.07) is 10.1. The minimum absolute atomic E-state index is 0.0257. The SMILES string of the molecule is Cc1[nH]c2ccccc2c1C(=O)CN1C(=O)C(=O)N(Cc2cccs2)C1=O. The molecule has 0 unspecified atom stereocenters. The molecular formula is C19H15N3O4S. The molecule has 4 amide bonds. The zero-order chi connectivity index (χ0) is 19.1. The van der Waals surface area contributed by atoms with Gasteiger partial charge in [0.05, 0.1) is 13.1 Å². The van der Waals surface area contributed by atoms with E-state index in [0.29, 0.717) is 11.3 Å². The van der Waals surface area contributed by atoms with Gasteiger partial charge in [0.15, 0.2) is 5.78 Å². The summed E-state index contributed by atoms with van der Waals surface area (Å²) >= 11 is 1.38. The van der Waals surface area contributed by atoms with Crippen molar-refractivity contribution in [1.82, 2.24) is 14.8 Å². The second-order valence-electron chi connectivity index (χ2n) is 6.24. The van der Waals surface area contributed by atoms with Crippen LogP contribution < -0.4 is 0 Å².